The summed E-state index contributed by atoms with van der Waals surface area (Å²) in [5.74, 6) is -0.671. The molecule has 0 heterocycles. The molecule has 16 heavy (non-hydrogen) atoms. The van der Waals surface area contributed by atoms with E-state index in [0.29, 0.717) is 6.29 Å². The average Bonchev–Trinajstić information content (AvgIpc) is 2.20. The molecule has 0 aliphatic rings. The Labute approximate surface area is 104 Å². The van der Waals surface area contributed by atoms with Gasteiger partial charge in [0.25, 0.3) is 0 Å². The fourth-order valence-electron chi connectivity index (χ4n) is 1.20. The van der Waals surface area contributed by atoms with Crippen LogP contribution in [0.25, 0.3) is 0 Å². The average molecular weight is 316 g/mol. The van der Waals surface area contributed by atoms with Crippen LogP contribution in [0.2, 0.25) is 5.02 Å². The number of hydrogen-bond donors (Lipinski definition) is 0. The van der Waals surface area contributed by atoms with Crippen molar-refractivity contribution in [2.45, 2.75) is 12.1 Å². The van der Waals surface area contributed by atoms with Gasteiger partial charge in [0.1, 0.15) is 6.29 Å². The van der Waals surface area contributed by atoms with Crippen molar-refractivity contribution in [2.75, 3.05) is 5.33 Å². The zero-order valence-electron chi connectivity index (χ0n) is 7.89. The lowest BCUT2D eigenvalue weighted by molar-refractivity contribution is -0.137. The van der Waals surface area contributed by atoms with Crippen molar-refractivity contribution in [3.63, 3.8) is 0 Å². The van der Waals surface area contributed by atoms with E-state index >= 15 is 0 Å². The summed E-state index contributed by atoms with van der Waals surface area (Å²) in [4.78, 5) is 10.7. The highest BCUT2D eigenvalue weighted by molar-refractivity contribution is 9.09. The number of carbonyl (C=O) groups is 1. The van der Waals surface area contributed by atoms with E-state index < -0.39 is 17.7 Å². The molecule has 1 aromatic rings. The summed E-state index contributed by atoms with van der Waals surface area (Å²) >= 11 is 8.80. The van der Waals surface area contributed by atoms with Crippen molar-refractivity contribution in [1.82, 2.24) is 0 Å². The smallest absolute Gasteiger partial charge is 0.303 e. The van der Waals surface area contributed by atoms with Crippen LogP contribution in [0.15, 0.2) is 18.2 Å². The van der Waals surface area contributed by atoms with Gasteiger partial charge in [0.05, 0.1) is 11.5 Å². The minimum absolute atomic E-state index is 0.157. The molecule has 0 aliphatic heterocycles. The van der Waals surface area contributed by atoms with Crippen molar-refractivity contribution in [2.24, 2.45) is 0 Å². The van der Waals surface area contributed by atoms with Crippen molar-refractivity contribution in [3.05, 3.63) is 34.3 Å². The van der Waals surface area contributed by atoms with E-state index in [2.05, 4.69) is 15.9 Å². The predicted molar refractivity (Wildman–Crippen MR) is 59.1 cm³/mol. The van der Waals surface area contributed by atoms with Gasteiger partial charge in [-0.25, -0.2) is 0 Å². The summed E-state index contributed by atoms with van der Waals surface area (Å²) in [6.45, 7) is 0. The van der Waals surface area contributed by atoms with Crippen LogP contribution in [0, 0.1) is 0 Å². The minimum Gasteiger partial charge on any atom is -0.303 e. The van der Waals surface area contributed by atoms with Crippen LogP contribution in [0.5, 0.6) is 0 Å². The Bertz CT molecular complexity index is 392. The van der Waals surface area contributed by atoms with Crippen molar-refractivity contribution in [3.8, 4) is 0 Å². The molecular formula is C10H7BrClF3O. The van der Waals surface area contributed by atoms with Gasteiger partial charge in [-0.05, 0) is 23.8 Å². The molecule has 0 amide bonds. The molecule has 88 valence electrons. The third-order valence-electron chi connectivity index (χ3n) is 2.05. The first-order valence-electron chi connectivity index (χ1n) is 4.28. The van der Waals surface area contributed by atoms with Gasteiger partial charge in [0, 0.05) is 10.4 Å². The Balaban J connectivity index is 3.23. The first-order chi connectivity index (χ1) is 7.40. The second-order valence-corrected chi connectivity index (χ2v) is 4.19. The monoisotopic (exact) mass is 314 g/mol. The highest BCUT2D eigenvalue weighted by atomic mass is 79.9. The number of hydrogen-bond acceptors (Lipinski definition) is 1. The van der Waals surface area contributed by atoms with Gasteiger partial charge >= 0.3 is 6.18 Å². The minimum atomic E-state index is -4.43. The zero-order chi connectivity index (χ0) is 12.3. The lowest BCUT2D eigenvalue weighted by Crippen LogP contribution is -2.08. The maximum atomic E-state index is 12.4. The molecule has 0 aromatic heterocycles. The number of alkyl halides is 4. The van der Waals surface area contributed by atoms with Crippen LogP contribution in [-0.4, -0.2) is 11.6 Å². The molecule has 0 spiro atoms. The number of aldehydes is 1. The molecule has 0 fully saturated rings. The van der Waals surface area contributed by atoms with E-state index in [0.717, 1.165) is 18.2 Å². The molecule has 1 aromatic carbocycles. The van der Waals surface area contributed by atoms with Gasteiger partial charge in [-0.3, -0.25) is 0 Å². The number of carbonyl (C=O) groups excluding carboxylic acids is 1. The van der Waals surface area contributed by atoms with Gasteiger partial charge in [-0.15, -0.1) is 0 Å². The standard InChI is InChI=1S/C10H7BrClF3O/c11-4-6(5-16)8-3-7(10(13,14)15)1-2-9(8)12/h1-3,5-6H,4H2. The molecule has 1 atom stereocenters. The number of halogens is 5. The largest absolute Gasteiger partial charge is 0.416 e. The molecule has 6 heteroatoms. The fourth-order valence-corrected chi connectivity index (χ4v) is 1.96. The fraction of sp³-hybridized carbons (Fsp3) is 0.300. The van der Waals surface area contributed by atoms with Crippen molar-refractivity contribution >= 4 is 33.8 Å². The molecule has 1 rings (SSSR count). The summed E-state index contributed by atoms with van der Waals surface area (Å²) in [6.07, 6.45) is -3.87. The topological polar surface area (TPSA) is 17.1 Å². The van der Waals surface area contributed by atoms with E-state index in [4.69, 9.17) is 11.6 Å². The Kier molecular flexibility index (Phi) is 4.38. The first-order valence-corrected chi connectivity index (χ1v) is 5.78. The second-order valence-electron chi connectivity index (χ2n) is 3.13. The third kappa shape index (κ3) is 2.98. The lowest BCUT2D eigenvalue weighted by atomic mass is 10.00. The van der Waals surface area contributed by atoms with E-state index in [9.17, 15) is 18.0 Å². The maximum Gasteiger partial charge on any atom is 0.416 e. The number of rotatable bonds is 3. The zero-order valence-corrected chi connectivity index (χ0v) is 10.2. The molecule has 0 saturated heterocycles. The normalized spacial score (nSPS) is 13.6. The predicted octanol–water partition coefficient (Wildman–Crippen LogP) is 4.04. The molecule has 1 nitrogen and oxygen atoms in total. The van der Waals surface area contributed by atoms with Crippen molar-refractivity contribution in [1.29, 1.82) is 0 Å². The molecular weight excluding hydrogens is 308 g/mol. The Morgan fingerprint density at radius 1 is 1.44 bits per heavy atom. The Morgan fingerprint density at radius 2 is 2.06 bits per heavy atom. The van der Waals surface area contributed by atoms with Gasteiger partial charge in [-0.2, -0.15) is 13.2 Å². The number of benzene rings is 1. The van der Waals surface area contributed by atoms with Crippen LogP contribution in [0.4, 0.5) is 13.2 Å². The Hall–Kier alpha value is -0.550. The summed E-state index contributed by atoms with van der Waals surface area (Å²) in [5.41, 5.74) is -0.622. The molecule has 0 saturated carbocycles. The van der Waals surface area contributed by atoms with E-state index in [1.54, 1.807) is 0 Å². The molecule has 0 bridgehead atoms. The quantitative estimate of drug-likeness (QED) is 0.608. The highest BCUT2D eigenvalue weighted by Gasteiger charge is 2.31. The van der Waals surface area contributed by atoms with Crippen LogP contribution >= 0.6 is 27.5 Å². The summed E-state index contributed by atoms with van der Waals surface area (Å²) < 4.78 is 37.3. The van der Waals surface area contributed by atoms with Gasteiger partial charge in [0.15, 0.2) is 0 Å². The lowest BCUT2D eigenvalue weighted by Gasteiger charge is -2.13. The van der Waals surface area contributed by atoms with Crippen LogP contribution in [0.1, 0.15) is 17.0 Å². The summed E-state index contributed by atoms with van der Waals surface area (Å²) in [6, 6.07) is 2.95. The SMILES string of the molecule is O=CC(CBr)c1cc(C(F)(F)F)ccc1Cl. The Morgan fingerprint density at radius 3 is 2.50 bits per heavy atom. The van der Waals surface area contributed by atoms with E-state index in [1.807, 2.05) is 0 Å². The molecule has 0 N–H and O–H groups in total. The molecule has 1 unspecified atom stereocenters. The molecule has 0 aliphatic carbocycles. The third-order valence-corrected chi connectivity index (χ3v) is 3.10. The van der Waals surface area contributed by atoms with Gasteiger partial charge in [-0.1, -0.05) is 27.5 Å². The first kappa shape index (κ1) is 13.5. The summed E-state index contributed by atoms with van der Waals surface area (Å²) in [7, 11) is 0. The van der Waals surface area contributed by atoms with E-state index in [-0.39, 0.29) is 15.9 Å². The summed E-state index contributed by atoms with van der Waals surface area (Å²) in [5, 5.41) is 0.391. The maximum absolute atomic E-state index is 12.4. The van der Waals surface area contributed by atoms with E-state index in [1.165, 1.54) is 0 Å². The molecule has 0 radical (unpaired) electrons. The van der Waals surface area contributed by atoms with Gasteiger partial charge in [0.2, 0.25) is 0 Å². The highest BCUT2D eigenvalue weighted by Crippen LogP contribution is 2.34. The second kappa shape index (κ2) is 5.19. The van der Waals surface area contributed by atoms with Crippen LogP contribution < -0.4 is 0 Å². The van der Waals surface area contributed by atoms with Crippen molar-refractivity contribution < 1.29 is 18.0 Å². The van der Waals surface area contributed by atoms with Gasteiger partial charge < -0.3 is 4.79 Å². The van der Waals surface area contributed by atoms with Crippen LogP contribution in [0.3, 0.4) is 0 Å². The van der Waals surface area contributed by atoms with Crippen LogP contribution in [-0.2, 0) is 11.0 Å².